The zero-order valence-electron chi connectivity index (χ0n) is 11.6. The number of carbonyl (C=O) groups is 1. The molecule has 1 aliphatic rings. The van der Waals surface area contributed by atoms with Crippen molar-refractivity contribution in [2.24, 2.45) is 5.92 Å². The maximum Gasteiger partial charge on any atom is 0.308 e. The number of rotatable bonds is 3. The van der Waals surface area contributed by atoms with Crippen molar-refractivity contribution in [2.75, 3.05) is 6.54 Å². The first-order valence-electron chi connectivity index (χ1n) is 6.70. The van der Waals surface area contributed by atoms with E-state index in [1.165, 1.54) is 0 Å². The summed E-state index contributed by atoms with van der Waals surface area (Å²) in [5, 5.41) is 19.2. The second kappa shape index (κ2) is 5.21. The van der Waals surface area contributed by atoms with E-state index in [4.69, 9.17) is 0 Å². The van der Waals surface area contributed by atoms with E-state index in [0.29, 0.717) is 6.42 Å². The van der Waals surface area contributed by atoms with Crippen molar-refractivity contribution in [3.05, 3.63) is 29.3 Å². The molecule has 1 aromatic carbocycles. The van der Waals surface area contributed by atoms with Crippen molar-refractivity contribution in [1.29, 1.82) is 0 Å². The number of hydrogen-bond acceptors (Lipinski definition) is 3. The zero-order chi connectivity index (χ0) is 14.2. The number of phenolic OH excluding ortho intramolecular Hbond substituents is 1. The fraction of sp³-hybridized carbons (Fsp3) is 0.533. The summed E-state index contributed by atoms with van der Waals surface area (Å²) in [5.41, 5.74) is 1.97. The second-order valence-corrected chi connectivity index (χ2v) is 5.45. The SMILES string of the molecule is Cc1ccc(O)c(C(C)N2CCC(C(=O)O)C2C)c1. The molecule has 1 aliphatic heterocycles. The van der Waals surface area contributed by atoms with E-state index in [2.05, 4.69) is 4.90 Å². The molecule has 0 amide bonds. The monoisotopic (exact) mass is 263 g/mol. The molecule has 0 bridgehead atoms. The Morgan fingerprint density at radius 1 is 1.47 bits per heavy atom. The number of likely N-dealkylation sites (tertiary alicyclic amines) is 1. The Morgan fingerprint density at radius 2 is 2.16 bits per heavy atom. The predicted molar refractivity (Wildman–Crippen MR) is 73.2 cm³/mol. The molecule has 19 heavy (non-hydrogen) atoms. The molecule has 1 heterocycles. The minimum absolute atomic E-state index is 0.00703. The molecule has 0 radical (unpaired) electrons. The van der Waals surface area contributed by atoms with E-state index in [1.54, 1.807) is 6.07 Å². The lowest BCUT2D eigenvalue weighted by Gasteiger charge is -2.30. The molecule has 0 aromatic heterocycles. The molecule has 4 heteroatoms. The van der Waals surface area contributed by atoms with Gasteiger partial charge in [0.15, 0.2) is 0 Å². The van der Waals surface area contributed by atoms with Gasteiger partial charge < -0.3 is 10.2 Å². The lowest BCUT2D eigenvalue weighted by atomic mass is 9.99. The number of aromatic hydroxyl groups is 1. The number of benzene rings is 1. The van der Waals surface area contributed by atoms with Gasteiger partial charge in [-0.1, -0.05) is 17.7 Å². The van der Waals surface area contributed by atoms with Crippen LogP contribution in [0, 0.1) is 12.8 Å². The molecule has 1 fully saturated rings. The van der Waals surface area contributed by atoms with Gasteiger partial charge in [0, 0.05) is 17.6 Å². The minimum Gasteiger partial charge on any atom is -0.508 e. The number of hydrogen-bond donors (Lipinski definition) is 2. The highest BCUT2D eigenvalue weighted by atomic mass is 16.4. The van der Waals surface area contributed by atoms with E-state index in [1.807, 2.05) is 32.9 Å². The van der Waals surface area contributed by atoms with Gasteiger partial charge in [0.25, 0.3) is 0 Å². The normalized spacial score (nSPS) is 25.4. The Labute approximate surface area is 113 Å². The summed E-state index contributed by atoms with van der Waals surface area (Å²) >= 11 is 0. The van der Waals surface area contributed by atoms with E-state index in [-0.39, 0.29) is 23.8 Å². The van der Waals surface area contributed by atoms with Crippen LogP contribution in [0.4, 0.5) is 0 Å². The standard InChI is InChI=1S/C15H21NO3/c1-9-4-5-14(17)13(8-9)11(3)16-7-6-12(10(16)2)15(18)19/h4-5,8,10-12,17H,6-7H2,1-3H3,(H,18,19). The smallest absolute Gasteiger partial charge is 0.308 e. The summed E-state index contributed by atoms with van der Waals surface area (Å²) in [6.45, 7) is 6.72. The Hall–Kier alpha value is -1.55. The van der Waals surface area contributed by atoms with Gasteiger partial charge in [0.2, 0.25) is 0 Å². The fourth-order valence-electron chi connectivity index (χ4n) is 3.03. The number of carboxylic acid groups (broad SMARTS) is 1. The summed E-state index contributed by atoms with van der Waals surface area (Å²) in [6, 6.07) is 5.57. The third kappa shape index (κ3) is 2.59. The van der Waals surface area contributed by atoms with Crippen LogP contribution < -0.4 is 0 Å². The number of nitrogens with zero attached hydrogens (tertiary/aromatic N) is 1. The Kier molecular flexibility index (Phi) is 3.80. The molecule has 1 aromatic rings. The average molecular weight is 263 g/mol. The van der Waals surface area contributed by atoms with Gasteiger partial charge >= 0.3 is 5.97 Å². The van der Waals surface area contributed by atoms with Crippen molar-refractivity contribution in [3.63, 3.8) is 0 Å². The molecule has 0 aliphatic carbocycles. The molecule has 2 N–H and O–H groups in total. The highest BCUT2D eigenvalue weighted by molar-refractivity contribution is 5.71. The van der Waals surface area contributed by atoms with Crippen LogP contribution in [0.2, 0.25) is 0 Å². The fourth-order valence-corrected chi connectivity index (χ4v) is 3.03. The highest BCUT2D eigenvalue weighted by Crippen LogP contribution is 2.36. The predicted octanol–water partition coefficient (Wildman–Crippen LogP) is 2.56. The van der Waals surface area contributed by atoms with Crippen molar-refractivity contribution in [1.82, 2.24) is 4.90 Å². The summed E-state index contributed by atoms with van der Waals surface area (Å²) < 4.78 is 0. The molecular weight excluding hydrogens is 242 g/mol. The third-order valence-corrected chi connectivity index (χ3v) is 4.25. The minimum atomic E-state index is -0.726. The van der Waals surface area contributed by atoms with E-state index in [0.717, 1.165) is 17.7 Å². The summed E-state index contributed by atoms with van der Waals surface area (Å²) in [7, 11) is 0. The van der Waals surface area contributed by atoms with Gasteiger partial charge in [-0.25, -0.2) is 0 Å². The second-order valence-electron chi connectivity index (χ2n) is 5.45. The molecule has 0 saturated carbocycles. The van der Waals surface area contributed by atoms with Crippen LogP contribution >= 0.6 is 0 Å². The van der Waals surface area contributed by atoms with Crippen molar-refractivity contribution in [2.45, 2.75) is 39.3 Å². The first kappa shape index (κ1) is 13.9. The van der Waals surface area contributed by atoms with Crippen LogP contribution in [-0.2, 0) is 4.79 Å². The first-order valence-corrected chi connectivity index (χ1v) is 6.70. The van der Waals surface area contributed by atoms with Gasteiger partial charge in [-0.2, -0.15) is 0 Å². The lowest BCUT2D eigenvalue weighted by molar-refractivity contribution is -0.142. The van der Waals surface area contributed by atoms with Crippen LogP contribution in [0.15, 0.2) is 18.2 Å². The summed E-state index contributed by atoms with van der Waals surface area (Å²) in [4.78, 5) is 13.3. The molecule has 3 unspecified atom stereocenters. The van der Waals surface area contributed by atoms with Gasteiger partial charge in [-0.15, -0.1) is 0 Å². The lowest BCUT2D eigenvalue weighted by Crippen LogP contribution is -2.34. The topological polar surface area (TPSA) is 60.8 Å². The van der Waals surface area contributed by atoms with E-state index >= 15 is 0 Å². The van der Waals surface area contributed by atoms with Crippen LogP contribution in [0.5, 0.6) is 5.75 Å². The number of carboxylic acids is 1. The van der Waals surface area contributed by atoms with E-state index in [9.17, 15) is 15.0 Å². The van der Waals surface area contributed by atoms with Crippen molar-refractivity contribution >= 4 is 5.97 Å². The Balaban J connectivity index is 2.23. The molecule has 1 saturated heterocycles. The largest absolute Gasteiger partial charge is 0.508 e. The number of aliphatic carboxylic acids is 1. The molecular formula is C15H21NO3. The van der Waals surface area contributed by atoms with E-state index < -0.39 is 5.97 Å². The van der Waals surface area contributed by atoms with Gasteiger partial charge in [-0.05, 0) is 39.8 Å². The van der Waals surface area contributed by atoms with Gasteiger partial charge in [-0.3, -0.25) is 9.69 Å². The van der Waals surface area contributed by atoms with Crippen LogP contribution in [0.3, 0.4) is 0 Å². The molecule has 3 atom stereocenters. The summed E-state index contributed by atoms with van der Waals surface area (Å²) in [6.07, 6.45) is 0.674. The molecule has 104 valence electrons. The quantitative estimate of drug-likeness (QED) is 0.880. The first-order chi connectivity index (χ1) is 8.91. The molecule has 0 spiro atoms. The highest BCUT2D eigenvalue weighted by Gasteiger charge is 2.38. The van der Waals surface area contributed by atoms with Crippen LogP contribution in [-0.4, -0.2) is 33.7 Å². The van der Waals surface area contributed by atoms with Crippen LogP contribution in [0.1, 0.15) is 37.4 Å². The Morgan fingerprint density at radius 3 is 2.74 bits per heavy atom. The maximum absolute atomic E-state index is 11.2. The van der Waals surface area contributed by atoms with Crippen LogP contribution in [0.25, 0.3) is 0 Å². The van der Waals surface area contributed by atoms with Crippen molar-refractivity contribution < 1.29 is 15.0 Å². The molecule has 4 nitrogen and oxygen atoms in total. The third-order valence-electron chi connectivity index (χ3n) is 4.25. The van der Waals surface area contributed by atoms with Crippen molar-refractivity contribution in [3.8, 4) is 5.75 Å². The summed E-state index contributed by atoms with van der Waals surface area (Å²) in [5.74, 6) is -0.755. The number of phenols is 1. The van der Waals surface area contributed by atoms with Gasteiger partial charge in [0.05, 0.1) is 5.92 Å². The molecule has 2 rings (SSSR count). The maximum atomic E-state index is 11.2. The average Bonchev–Trinajstić information content (AvgIpc) is 2.73. The Bertz CT molecular complexity index is 486. The number of aryl methyl sites for hydroxylation is 1. The van der Waals surface area contributed by atoms with Gasteiger partial charge in [0.1, 0.15) is 5.75 Å². The zero-order valence-corrected chi connectivity index (χ0v) is 11.6.